The van der Waals surface area contributed by atoms with Crippen molar-refractivity contribution in [3.63, 3.8) is 0 Å². The van der Waals surface area contributed by atoms with Gasteiger partial charge in [-0.3, -0.25) is 4.79 Å². The van der Waals surface area contributed by atoms with Crippen molar-refractivity contribution in [3.05, 3.63) is 42.4 Å². The zero-order chi connectivity index (χ0) is 18.3. The van der Waals surface area contributed by atoms with Crippen molar-refractivity contribution in [1.29, 1.82) is 0 Å². The molecule has 7 nitrogen and oxygen atoms in total. The number of aliphatic carboxylic acids is 1. The summed E-state index contributed by atoms with van der Waals surface area (Å²) < 4.78 is 10.5. The van der Waals surface area contributed by atoms with Crippen LogP contribution in [-0.4, -0.2) is 41.2 Å². The second-order valence-electron chi connectivity index (χ2n) is 5.96. The lowest BCUT2D eigenvalue weighted by molar-refractivity contribution is -0.149. The van der Waals surface area contributed by atoms with Gasteiger partial charge in [0.05, 0.1) is 12.8 Å². The van der Waals surface area contributed by atoms with Crippen LogP contribution in [0, 0.1) is 0 Å². The molecule has 0 saturated carbocycles. The third kappa shape index (κ3) is 5.15. The zero-order valence-corrected chi connectivity index (χ0v) is 14.3. The van der Waals surface area contributed by atoms with Crippen LogP contribution in [0.2, 0.25) is 0 Å². The van der Waals surface area contributed by atoms with Gasteiger partial charge in [0.15, 0.2) is 17.2 Å². The van der Waals surface area contributed by atoms with Crippen LogP contribution in [0.4, 0.5) is 0 Å². The van der Waals surface area contributed by atoms with Crippen molar-refractivity contribution in [2.45, 2.75) is 31.7 Å². The van der Waals surface area contributed by atoms with Crippen molar-refractivity contribution in [2.75, 3.05) is 13.7 Å². The molecule has 1 atom stereocenters. The summed E-state index contributed by atoms with van der Waals surface area (Å²) in [5, 5.41) is 11.7. The maximum Gasteiger partial charge on any atom is 0.331 e. The first-order valence-electron chi connectivity index (χ1n) is 7.98. The van der Waals surface area contributed by atoms with E-state index in [-0.39, 0.29) is 18.9 Å². The molecule has 0 spiro atoms. The van der Waals surface area contributed by atoms with Crippen LogP contribution in [0.5, 0.6) is 0 Å². The van der Waals surface area contributed by atoms with Gasteiger partial charge in [-0.15, -0.1) is 0 Å². The van der Waals surface area contributed by atoms with E-state index < -0.39 is 11.5 Å². The van der Waals surface area contributed by atoms with E-state index >= 15 is 0 Å². The summed E-state index contributed by atoms with van der Waals surface area (Å²) in [6, 6.07) is 9.62. The average Bonchev–Trinajstić information content (AvgIpc) is 3.04. The number of oxazole rings is 1. The first-order valence-corrected chi connectivity index (χ1v) is 7.98. The lowest BCUT2D eigenvalue weighted by atomic mass is 10.0. The SMILES string of the molecule is COCC(C)(NC(=O)CCCc1ncc(-c2ccccc2)o1)C(=O)O. The standard InChI is InChI=1S/C18H22N2O5/c1-18(12-24-2,17(22)23)20-15(21)9-6-10-16-19-11-14(25-16)13-7-4-3-5-8-13/h3-5,7-8,11H,6,9-10,12H2,1-2H3,(H,20,21)(H,22,23). The van der Waals surface area contributed by atoms with Crippen LogP contribution in [-0.2, 0) is 20.7 Å². The topological polar surface area (TPSA) is 102 Å². The number of benzene rings is 1. The Balaban J connectivity index is 1.83. The minimum absolute atomic E-state index is 0.103. The molecule has 0 saturated heterocycles. The third-order valence-electron chi connectivity index (χ3n) is 3.73. The van der Waals surface area contributed by atoms with E-state index in [1.54, 1.807) is 6.20 Å². The van der Waals surface area contributed by atoms with Crippen molar-refractivity contribution < 1.29 is 23.8 Å². The van der Waals surface area contributed by atoms with Gasteiger partial charge in [-0.2, -0.15) is 0 Å². The van der Waals surface area contributed by atoms with Crippen molar-refractivity contribution in [2.24, 2.45) is 0 Å². The van der Waals surface area contributed by atoms with Gasteiger partial charge in [0.25, 0.3) is 0 Å². The van der Waals surface area contributed by atoms with Crippen LogP contribution in [0.1, 0.15) is 25.7 Å². The second-order valence-corrected chi connectivity index (χ2v) is 5.96. The van der Waals surface area contributed by atoms with Crippen LogP contribution in [0.3, 0.4) is 0 Å². The van der Waals surface area contributed by atoms with Crippen LogP contribution < -0.4 is 5.32 Å². The molecule has 0 fully saturated rings. The number of nitrogens with one attached hydrogen (secondary N) is 1. The van der Waals surface area contributed by atoms with Crippen LogP contribution in [0.25, 0.3) is 11.3 Å². The minimum Gasteiger partial charge on any atom is -0.479 e. The molecule has 1 heterocycles. The predicted molar refractivity (Wildman–Crippen MR) is 90.9 cm³/mol. The Morgan fingerprint density at radius 3 is 2.68 bits per heavy atom. The number of hydrogen-bond acceptors (Lipinski definition) is 5. The van der Waals surface area contributed by atoms with E-state index in [9.17, 15) is 14.7 Å². The molecule has 0 bridgehead atoms. The molecular weight excluding hydrogens is 324 g/mol. The summed E-state index contributed by atoms with van der Waals surface area (Å²) in [7, 11) is 1.39. The summed E-state index contributed by atoms with van der Waals surface area (Å²) in [6.45, 7) is 1.31. The Labute approximate surface area is 146 Å². The number of carboxylic acids is 1. The Morgan fingerprint density at radius 1 is 1.32 bits per heavy atom. The largest absolute Gasteiger partial charge is 0.479 e. The number of carbonyl (C=O) groups excluding carboxylic acids is 1. The fourth-order valence-corrected chi connectivity index (χ4v) is 2.37. The number of aryl methyl sites for hydroxylation is 1. The highest BCUT2D eigenvalue weighted by molar-refractivity contribution is 5.86. The summed E-state index contributed by atoms with van der Waals surface area (Å²) in [5.74, 6) is -0.261. The van der Waals surface area contributed by atoms with E-state index in [1.807, 2.05) is 30.3 Å². The number of methoxy groups -OCH3 is 1. The Kier molecular flexibility index (Phi) is 6.30. The van der Waals surface area contributed by atoms with Crippen molar-refractivity contribution >= 4 is 11.9 Å². The Morgan fingerprint density at radius 2 is 2.04 bits per heavy atom. The molecule has 1 unspecified atom stereocenters. The van der Waals surface area contributed by atoms with E-state index in [1.165, 1.54) is 14.0 Å². The highest BCUT2D eigenvalue weighted by Gasteiger charge is 2.34. The molecule has 1 amide bonds. The maximum atomic E-state index is 12.0. The van der Waals surface area contributed by atoms with Gasteiger partial charge in [-0.25, -0.2) is 9.78 Å². The van der Waals surface area contributed by atoms with Crippen molar-refractivity contribution in [1.82, 2.24) is 10.3 Å². The number of hydrogen-bond donors (Lipinski definition) is 2. The van der Waals surface area contributed by atoms with Crippen LogP contribution >= 0.6 is 0 Å². The first-order chi connectivity index (χ1) is 11.9. The number of nitrogens with zero attached hydrogens (tertiary/aromatic N) is 1. The average molecular weight is 346 g/mol. The molecule has 0 aliphatic heterocycles. The fraction of sp³-hybridized carbons (Fsp3) is 0.389. The Hall–Kier alpha value is -2.67. The molecule has 7 heteroatoms. The summed E-state index contributed by atoms with van der Waals surface area (Å²) in [5.41, 5.74) is -0.495. The van der Waals surface area contributed by atoms with E-state index in [2.05, 4.69) is 10.3 Å². The maximum absolute atomic E-state index is 12.0. The number of carboxylic acid groups (broad SMARTS) is 1. The molecule has 134 valence electrons. The highest BCUT2D eigenvalue weighted by Crippen LogP contribution is 2.20. The van der Waals surface area contributed by atoms with Gasteiger partial charge in [-0.1, -0.05) is 30.3 Å². The van der Waals surface area contributed by atoms with E-state index in [0.29, 0.717) is 24.5 Å². The molecule has 2 rings (SSSR count). The summed E-state index contributed by atoms with van der Waals surface area (Å²) in [6.07, 6.45) is 2.83. The molecule has 1 aromatic heterocycles. The number of rotatable bonds is 9. The number of ether oxygens (including phenoxy) is 1. The molecule has 2 aromatic rings. The highest BCUT2D eigenvalue weighted by atomic mass is 16.5. The minimum atomic E-state index is -1.44. The summed E-state index contributed by atoms with van der Waals surface area (Å²) >= 11 is 0. The first kappa shape index (κ1) is 18.7. The fourth-order valence-electron chi connectivity index (χ4n) is 2.37. The monoisotopic (exact) mass is 346 g/mol. The van der Waals surface area contributed by atoms with Gasteiger partial charge < -0.3 is 19.6 Å². The number of amides is 1. The number of carbonyl (C=O) groups is 2. The van der Waals surface area contributed by atoms with E-state index in [4.69, 9.17) is 9.15 Å². The van der Waals surface area contributed by atoms with Gasteiger partial charge in [0, 0.05) is 25.5 Å². The lowest BCUT2D eigenvalue weighted by Crippen LogP contribution is -2.55. The van der Waals surface area contributed by atoms with Gasteiger partial charge >= 0.3 is 5.97 Å². The smallest absolute Gasteiger partial charge is 0.331 e. The molecule has 0 aliphatic carbocycles. The lowest BCUT2D eigenvalue weighted by Gasteiger charge is -2.25. The predicted octanol–water partition coefficient (Wildman–Crippen LogP) is 2.27. The zero-order valence-electron chi connectivity index (χ0n) is 14.3. The van der Waals surface area contributed by atoms with Gasteiger partial charge in [-0.05, 0) is 13.3 Å². The van der Waals surface area contributed by atoms with Crippen LogP contribution in [0.15, 0.2) is 40.9 Å². The molecule has 0 aliphatic rings. The molecule has 25 heavy (non-hydrogen) atoms. The van der Waals surface area contributed by atoms with Gasteiger partial charge in [0.2, 0.25) is 5.91 Å². The normalized spacial score (nSPS) is 13.2. The Bertz CT molecular complexity index is 713. The van der Waals surface area contributed by atoms with Crippen molar-refractivity contribution in [3.8, 4) is 11.3 Å². The van der Waals surface area contributed by atoms with Gasteiger partial charge in [0.1, 0.15) is 0 Å². The summed E-state index contributed by atoms with van der Waals surface area (Å²) in [4.78, 5) is 27.4. The molecule has 2 N–H and O–H groups in total. The number of aromatic nitrogens is 1. The molecule has 0 radical (unpaired) electrons. The molecular formula is C18H22N2O5. The molecule has 1 aromatic carbocycles. The van der Waals surface area contributed by atoms with E-state index in [0.717, 1.165) is 5.56 Å². The quantitative estimate of drug-likeness (QED) is 0.722. The second kappa shape index (κ2) is 8.43. The third-order valence-corrected chi connectivity index (χ3v) is 3.73.